The monoisotopic (exact) mass is 709 g/mol. The van der Waals surface area contributed by atoms with E-state index in [2.05, 4.69) is 27.5 Å². The summed E-state index contributed by atoms with van der Waals surface area (Å²) in [4.78, 5) is 71.6. The standard InChI is InChI=1S/C36H47N5O8S/c42-31-30-18-27(49-35(46)40-16-14-23-8-6-7-9-24(23)20-40)21-41(30)32(43)29(37-34(45)48-26-15-17-47-22-26)11-5-3-1-2-4-10-25-19-36(25,38-31)33(44)39-50-28-12-13-28/h4,6-10,25-30H,1-3,5,11-22H2,(H,37,45)(H,38,42)(H,39,44)/b10-4-/t25-,26-,27-,29+,30+,36-/m1/s1. The zero-order chi connectivity index (χ0) is 34.7. The van der Waals surface area contributed by atoms with Crippen LogP contribution in [0.1, 0.15) is 75.3 Å². The van der Waals surface area contributed by atoms with Gasteiger partial charge in [-0.05, 0) is 68.0 Å². The van der Waals surface area contributed by atoms with Gasteiger partial charge in [-0.3, -0.25) is 19.1 Å². The van der Waals surface area contributed by atoms with E-state index >= 15 is 0 Å². The highest BCUT2D eigenvalue weighted by Gasteiger charge is 2.61. The summed E-state index contributed by atoms with van der Waals surface area (Å²) in [6, 6.07) is 6.03. The molecule has 4 aliphatic heterocycles. The van der Waals surface area contributed by atoms with Crippen LogP contribution in [0.4, 0.5) is 9.59 Å². The Morgan fingerprint density at radius 1 is 1.00 bits per heavy atom. The van der Waals surface area contributed by atoms with Crippen LogP contribution in [0.3, 0.4) is 0 Å². The lowest BCUT2D eigenvalue weighted by Crippen LogP contribution is -2.57. The quantitative estimate of drug-likeness (QED) is 0.298. The molecule has 2 saturated carbocycles. The van der Waals surface area contributed by atoms with E-state index in [4.69, 9.17) is 14.2 Å². The maximum atomic E-state index is 14.3. The van der Waals surface area contributed by atoms with E-state index in [1.165, 1.54) is 22.4 Å². The van der Waals surface area contributed by atoms with Gasteiger partial charge in [0.2, 0.25) is 11.8 Å². The van der Waals surface area contributed by atoms with Gasteiger partial charge in [0.1, 0.15) is 29.8 Å². The summed E-state index contributed by atoms with van der Waals surface area (Å²) >= 11 is 1.40. The molecule has 0 bridgehead atoms. The van der Waals surface area contributed by atoms with Crippen LogP contribution in [0.25, 0.3) is 0 Å². The number of fused-ring (bicyclic) bond motifs is 3. The first-order valence-corrected chi connectivity index (χ1v) is 19.0. The van der Waals surface area contributed by atoms with Gasteiger partial charge in [0.05, 0.1) is 19.8 Å². The molecule has 14 heteroatoms. The Labute approximate surface area is 296 Å². The molecule has 2 aliphatic carbocycles. The number of carbonyl (C=O) groups is 5. The fourth-order valence-corrected chi connectivity index (χ4v) is 8.21. The smallest absolute Gasteiger partial charge is 0.410 e. The van der Waals surface area contributed by atoms with Gasteiger partial charge >= 0.3 is 12.2 Å². The van der Waals surface area contributed by atoms with E-state index in [-0.39, 0.29) is 30.9 Å². The SMILES string of the molecule is O=C(N[C@H]1CCCCC/C=C\[C@@H]2C[C@@]2(C(=O)NSC2CC2)NC(=O)[C@@H]2C[C@@H](OC(=O)N3CCc4ccccc4C3)CN2C1=O)O[C@@H]1CCOC1. The minimum absolute atomic E-state index is 0.0170. The molecule has 50 heavy (non-hydrogen) atoms. The van der Waals surface area contributed by atoms with Gasteiger partial charge in [-0.15, -0.1) is 0 Å². The van der Waals surface area contributed by atoms with E-state index in [9.17, 15) is 24.0 Å². The molecular formula is C36H47N5O8S. The summed E-state index contributed by atoms with van der Waals surface area (Å²) < 4.78 is 19.8. The molecule has 0 aromatic heterocycles. The fraction of sp³-hybridized carbons (Fsp3) is 0.639. The Balaban J connectivity index is 1.10. The predicted octanol–water partition coefficient (Wildman–Crippen LogP) is 3.36. The summed E-state index contributed by atoms with van der Waals surface area (Å²) in [6.07, 6.45) is 9.19. The van der Waals surface area contributed by atoms with Crippen molar-refractivity contribution in [2.75, 3.05) is 26.3 Å². The van der Waals surface area contributed by atoms with Gasteiger partial charge in [-0.25, -0.2) is 9.59 Å². The first-order chi connectivity index (χ1) is 24.3. The average Bonchev–Trinajstić information content (AvgIpc) is 3.96. The molecule has 0 unspecified atom stereocenters. The Hall–Kier alpha value is -3.78. The van der Waals surface area contributed by atoms with Gasteiger partial charge in [-0.1, -0.05) is 49.3 Å². The van der Waals surface area contributed by atoms with Crippen molar-refractivity contribution in [1.82, 2.24) is 25.2 Å². The largest absolute Gasteiger partial charge is 0.444 e. The highest BCUT2D eigenvalue weighted by Crippen LogP contribution is 2.46. The zero-order valence-electron chi connectivity index (χ0n) is 28.3. The number of rotatable bonds is 6. The number of hydrogen-bond acceptors (Lipinski definition) is 9. The number of carbonyl (C=O) groups excluding carboxylic acids is 5. The Bertz CT molecular complexity index is 1500. The summed E-state index contributed by atoms with van der Waals surface area (Å²) in [7, 11) is 0. The number of nitrogens with zero attached hydrogens (tertiary/aromatic N) is 2. The maximum Gasteiger partial charge on any atom is 0.410 e. The number of alkyl carbamates (subject to hydrolysis) is 1. The van der Waals surface area contributed by atoms with Crippen LogP contribution in [-0.4, -0.2) is 101 Å². The minimum atomic E-state index is -1.12. The average molecular weight is 710 g/mol. The van der Waals surface area contributed by atoms with E-state index in [0.717, 1.165) is 37.7 Å². The van der Waals surface area contributed by atoms with E-state index in [0.29, 0.717) is 63.7 Å². The lowest BCUT2D eigenvalue weighted by Gasteiger charge is -2.30. The highest BCUT2D eigenvalue weighted by atomic mass is 32.2. The predicted molar refractivity (Wildman–Crippen MR) is 184 cm³/mol. The van der Waals surface area contributed by atoms with E-state index in [1.54, 1.807) is 4.90 Å². The van der Waals surface area contributed by atoms with Gasteiger partial charge in [0.15, 0.2) is 0 Å². The molecule has 13 nitrogen and oxygen atoms in total. The van der Waals surface area contributed by atoms with Gasteiger partial charge in [-0.2, -0.15) is 0 Å². The van der Waals surface area contributed by atoms with Crippen LogP contribution >= 0.6 is 11.9 Å². The fourth-order valence-electron chi connectivity index (χ4n) is 7.38. The highest BCUT2D eigenvalue weighted by molar-refractivity contribution is 7.98. The molecule has 6 aliphatic rings. The lowest BCUT2D eigenvalue weighted by atomic mass is 10.0. The molecular weight excluding hydrogens is 662 g/mol. The molecule has 2 saturated heterocycles. The van der Waals surface area contributed by atoms with Crippen molar-refractivity contribution >= 4 is 41.9 Å². The van der Waals surface area contributed by atoms with Crippen LogP contribution in [0.2, 0.25) is 0 Å². The van der Waals surface area contributed by atoms with Crippen LogP contribution in [0.15, 0.2) is 36.4 Å². The van der Waals surface area contributed by atoms with Crippen LogP contribution in [-0.2, 0) is 41.6 Å². The number of amides is 5. The molecule has 7 rings (SSSR count). The van der Waals surface area contributed by atoms with Crippen molar-refractivity contribution in [3.8, 4) is 0 Å². The minimum Gasteiger partial charge on any atom is -0.444 e. The third-order valence-corrected chi connectivity index (χ3v) is 11.7. The Morgan fingerprint density at radius 2 is 1.84 bits per heavy atom. The molecule has 0 spiro atoms. The van der Waals surface area contributed by atoms with Crippen LogP contribution in [0.5, 0.6) is 0 Å². The maximum absolute atomic E-state index is 14.3. The second kappa shape index (κ2) is 15.2. The second-order valence-corrected chi connectivity index (χ2v) is 15.5. The zero-order valence-corrected chi connectivity index (χ0v) is 29.1. The van der Waals surface area contributed by atoms with Crippen molar-refractivity contribution in [3.63, 3.8) is 0 Å². The first-order valence-electron chi connectivity index (χ1n) is 18.1. The molecule has 6 atom stereocenters. The van der Waals surface area contributed by atoms with Gasteiger partial charge in [0.25, 0.3) is 5.91 Å². The summed E-state index contributed by atoms with van der Waals surface area (Å²) in [5.74, 6) is -1.34. The molecule has 270 valence electrons. The van der Waals surface area contributed by atoms with Crippen molar-refractivity contribution in [2.45, 2.75) is 112 Å². The number of ether oxygens (including phenoxy) is 3. The molecule has 1 aromatic carbocycles. The summed E-state index contributed by atoms with van der Waals surface area (Å²) in [6.45, 7) is 1.71. The van der Waals surface area contributed by atoms with Crippen molar-refractivity contribution < 1.29 is 38.2 Å². The molecule has 4 fully saturated rings. The first kappa shape index (κ1) is 34.7. The molecule has 4 heterocycles. The number of allylic oxidation sites excluding steroid dienone is 1. The van der Waals surface area contributed by atoms with E-state index in [1.807, 2.05) is 24.3 Å². The number of hydrogen-bond donors (Lipinski definition) is 3. The van der Waals surface area contributed by atoms with Crippen LogP contribution in [0, 0.1) is 5.92 Å². The third-order valence-electron chi connectivity index (χ3n) is 10.6. The lowest BCUT2D eigenvalue weighted by molar-refractivity contribution is -0.141. The molecule has 1 aromatic rings. The van der Waals surface area contributed by atoms with Gasteiger partial charge < -0.3 is 34.6 Å². The van der Waals surface area contributed by atoms with Gasteiger partial charge in [0, 0.05) is 37.1 Å². The van der Waals surface area contributed by atoms with Crippen LogP contribution < -0.4 is 15.4 Å². The number of benzene rings is 1. The Kier molecular flexibility index (Phi) is 10.6. The summed E-state index contributed by atoms with van der Waals surface area (Å²) in [5, 5.41) is 6.20. The topological polar surface area (TPSA) is 156 Å². The molecule has 5 amide bonds. The Morgan fingerprint density at radius 3 is 2.64 bits per heavy atom. The third kappa shape index (κ3) is 8.06. The second-order valence-electron chi connectivity index (χ2n) is 14.4. The summed E-state index contributed by atoms with van der Waals surface area (Å²) in [5.41, 5.74) is 1.14. The van der Waals surface area contributed by atoms with Crippen molar-refractivity contribution in [3.05, 3.63) is 47.5 Å². The van der Waals surface area contributed by atoms with E-state index < -0.39 is 47.7 Å². The number of nitrogens with one attached hydrogen (secondary N) is 3. The van der Waals surface area contributed by atoms with Crippen molar-refractivity contribution in [2.24, 2.45) is 5.92 Å². The molecule has 3 N–H and O–H groups in total. The van der Waals surface area contributed by atoms with Crippen molar-refractivity contribution in [1.29, 1.82) is 0 Å². The molecule has 0 radical (unpaired) electrons. The normalized spacial score (nSPS) is 31.9.